The Morgan fingerprint density at radius 2 is 2.12 bits per heavy atom. The number of carbonyl (C=O) groups is 1. The van der Waals surface area contributed by atoms with E-state index >= 15 is 0 Å². The number of nitrogens with zero attached hydrogens (tertiary/aromatic N) is 4. The normalized spacial score (nSPS) is 10.6. The van der Waals surface area contributed by atoms with E-state index in [0.717, 1.165) is 6.33 Å². The van der Waals surface area contributed by atoms with Crippen LogP contribution in [-0.4, -0.2) is 34.0 Å². The van der Waals surface area contributed by atoms with Crippen LogP contribution in [0.1, 0.15) is 24.7 Å². The van der Waals surface area contributed by atoms with Gasteiger partial charge in [0.15, 0.2) is 0 Å². The molecule has 0 aliphatic carbocycles. The first-order valence-corrected chi connectivity index (χ1v) is 9.75. The molecule has 32 heavy (non-hydrogen) atoms. The average Bonchev–Trinajstić information content (AvgIpc) is 3.27. The number of aromatic nitrogens is 2. The van der Waals surface area contributed by atoms with Crippen LogP contribution >= 0.6 is 0 Å². The van der Waals surface area contributed by atoms with Gasteiger partial charge in [-0.3, -0.25) is 14.9 Å². The minimum Gasteiger partial charge on any atom is -0.467 e. The third kappa shape index (κ3) is 5.56. The number of hydrogen-bond acceptors (Lipinski definition) is 9. The Bertz CT molecular complexity index is 1090. The van der Waals surface area contributed by atoms with E-state index in [1.165, 1.54) is 29.4 Å². The van der Waals surface area contributed by atoms with E-state index < -0.39 is 22.4 Å². The summed E-state index contributed by atoms with van der Waals surface area (Å²) in [6.45, 7) is 3.64. The molecule has 0 atom stereocenters. The molecular weight excluding hydrogens is 423 g/mol. The lowest BCUT2D eigenvalue weighted by atomic mass is 10.2. The van der Waals surface area contributed by atoms with E-state index in [-0.39, 0.29) is 43.6 Å². The van der Waals surface area contributed by atoms with Gasteiger partial charge in [-0.15, -0.1) is 0 Å². The van der Waals surface area contributed by atoms with Crippen molar-refractivity contribution in [2.45, 2.75) is 26.8 Å². The summed E-state index contributed by atoms with van der Waals surface area (Å²) in [5, 5.41) is 11.9. The molecule has 2 aromatic heterocycles. The van der Waals surface area contributed by atoms with Gasteiger partial charge in [0.25, 0.3) is 0 Å². The number of furan rings is 1. The van der Waals surface area contributed by atoms with Crippen molar-refractivity contribution in [3.05, 3.63) is 70.2 Å². The van der Waals surface area contributed by atoms with Crippen LogP contribution in [0, 0.1) is 22.9 Å². The minimum absolute atomic E-state index is 0.0247. The lowest BCUT2D eigenvalue weighted by Crippen LogP contribution is -2.28. The number of benzene rings is 1. The highest BCUT2D eigenvalue weighted by Crippen LogP contribution is 2.37. The third-order valence-corrected chi connectivity index (χ3v) is 4.41. The molecule has 11 heteroatoms. The maximum atomic E-state index is 13.6. The molecule has 0 saturated carbocycles. The lowest BCUT2D eigenvalue weighted by molar-refractivity contribution is -0.385. The van der Waals surface area contributed by atoms with E-state index in [1.807, 2.05) is 0 Å². The fourth-order valence-electron chi connectivity index (χ4n) is 2.92. The fraction of sp³-hybridized carbons (Fsp3) is 0.286. The van der Waals surface area contributed by atoms with Crippen LogP contribution in [0.5, 0.6) is 11.6 Å². The second-order valence-electron chi connectivity index (χ2n) is 6.68. The molecule has 10 nitrogen and oxygen atoms in total. The quantitative estimate of drug-likeness (QED) is 0.257. The maximum absolute atomic E-state index is 13.6. The smallest absolute Gasteiger partial charge is 0.373 e. The van der Waals surface area contributed by atoms with Crippen molar-refractivity contribution in [3.63, 3.8) is 0 Å². The number of halogens is 1. The van der Waals surface area contributed by atoms with Gasteiger partial charge in [-0.1, -0.05) is 0 Å². The number of nitro groups is 1. The topological polar surface area (TPSA) is 121 Å². The molecule has 0 N–H and O–H groups in total. The average molecular weight is 444 g/mol. The van der Waals surface area contributed by atoms with Crippen molar-refractivity contribution in [1.82, 2.24) is 9.97 Å². The highest BCUT2D eigenvalue weighted by molar-refractivity contribution is 5.71. The molecule has 0 aliphatic rings. The van der Waals surface area contributed by atoms with Gasteiger partial charge in [-0.2, -0.15) is 4.98 Å². The number of ether oxygens (including phenoxy) is 2. The largest absolute Gasteiger partial charge is 0.467 e. The number of aryl methyl sites for hydroxylation is 1. The molecule has 0 aliphatic heterocycles. The molecule has 168 valence electrons. The zero-order valence-electron chi connectivity index (χ0n) is 17.5. The van der Waals surface area contributed by atoms with Gasteiger partial charge in [-0.25, -0.2) is 9.37 Å². The molecular formula is C21H21FN4O6. The second kappa shape index (κ2) is 10.3. The number of rotatable bonds is 10. The highest BCUT2D eigenvalue weighted by Gasteiger charge is 2.30. The predicted octanol–water partition coefficient (Wildman–Crippen LogP) is 4.18. The number of carbonyl (C=O) groups excluding carboxylic acids is 1. The Kier molecular flexibility index (Phi) is 7.32. The van der Waals surface area contributed by atoms with Crippen LogP contribution in [0.4, 0.5) is 15.9 Å². The van der Waals surface area contributed by atoms with E-state index in [0.29, 0.717) is 11.3 Å². The van der Waals surface area contributed by atoms with Crippen molar-refractivity contribution in [2.24, 2.45) is 0 Å². The predicted molar refractivity (Wildman–Crippen MR) is 111 cm³/mol. The van der Waals surface area contributed by atoms with Gasteiger partial charge in [0.05, 0.1) is 30.8 Å². The number of esters is 1. The Morgan fingerprint density at radius 3 is 2.78 bits per heavy atom. The molecule has 0 fully saturated rings. The monoisotopic (exact) mass is 444 g/mol. The standard InChI is InChI=1S/C21H21FN4O6/c1-3-30-18(27)8-9-25(12-16-5-4-10-31-16)20-19(26(28)29)21(24-13-23-20)32-15-6-7-17(22)14(2)11-15/h4-7,10-11,13H,3,8-9,12H2,1-2H3. The van der Waals surface area contributed by atoms with E-state index in [4.69, 9.17) is 13.9 Å². The summed E-state index contributed by atoms with van der Waals surface area (Å²) in [7, 11) is 0. The van der Waals surface area contributed by atoms with Crippen molar-refractivity contribution >= 4 is 17.5 Å². The van der Waals surface area contributed by atoms with Gasteiger partial charge in [0.2, 0.25) is 5.82 Å². The highest BCUT2D eigenvalue weighted by atomic mass is 19.1. The fourth-order valence-corrected chi connectivity index (χ4v) is 2.92. The van der Waals surface area contributed by atoms with Gasteiger partial charge < -0.3 is 18.8 Å². The summed E-state index contributed by atoms with van der Waals surface area (Å²) in [5.74, 6) is -0.559. The van der Waals surface area contributed by atoms with Crippen molar-refractivity contribution < 1.29 is 28.0 Å². The van der Waals surface area contributed by atoms with Crippen molar-refractivity contribution in [1.29, 1.82) is 0 Å². The van der Waals surface area contributed by atoms with Crippen LogP contribution in [0.3, 0.4) is 0 Å². The molecule has 3 rings (SSSR count). The Labute approximate surface area is 182 Å². The van der Waals surface area contributed by atoms with Crippen LogP contribution in [0.2, 0.25) is 0 Å². The third-order valence-electron chi connectivity index (χ3n) is 4.41. The molecule has 2 heterocycles. The summed E-state index contributed by atoms with van der Waals surface area (Å²) in [6.07, 6.45) is 2.56. The maximum Gasteiger partial charge on any atom is 0.373 e. The van der Waals surface area contributed by atoms with Gasteiger partial charge in [-0.05, 0) is 49.7 Å². The summed E-state index contributed by atoms with van der Waals surface area (Å²) in [6, 6.07) is 7.32. The van der Waals surface area contributed by atoms with Crippen molar-refractivity contribution in [3.8, 4) is 11.6 Å². The molecule has 0 radical (unpaired) electrons. The second-order valence-corrected chi connectivity index (χ2v) is 6.68. The minimum atomic E-state index is -0.666. The molecule has 0 unspecified atom stereocenters. The van der Waals surface area contributed by atoms with Gasteiger partial charge in [0, 0.05) is 6.54 Å². The first-order valence-electron chi connectivity index (χ1n) is 9.75. The first-order chi connectivity index (χ1) is 15.4. The van der Waals surface area contributed by atoms with Crippen LogP contribution in [-0.2, 0) is 16.1 Å². The first kappa shape index (κ1) is 22.7. The number of hydrogen-bond donors (Lipinski definition) is 0. The van der Waals surface area contributed by atoms with Crippen LogP contribution in [0.25, 0.3) is 0 Å². The SMILES string of the molecule is CCOC(=O)CCN(Cc1ccco1)c1ncnc(Oc2ccc(F)c(C)c2)c1[N+](=O)[O-]. The summed E-state index contributed by atoms with van der Waals surface area (Å²) >= 11 is 0. The molecule has 0 bridgehead atoms. The van der Waals surface area contributed by atoms with E-state index in [2.05, 4.69) is 9.97 Å². The van der Waals surface area contributed by atoms with E-state index in [9.17, 15) is 19.3 Å². The van der Waals surface area contributed by atoms with Crippen LogP contribution in [0.15, 0.2) is 47.3 Å². The Hall–Kier alpha value is -4.02. The Balaban J connectivity index is 1.97. The summed E-state index contributed by atoms with van der Waals surface area (Å²) in [5.41, 5.74) is -0.182. The molecule has 3 aromatic rings. The lowest BCUT2D eigenvalue weighted by Gasteiger charge is -2.22. The van der Waals surface area contributed by atoms with Gasteiger partial charge in [0.1, 0.15) is 23.7 Å². The zero-order chi connectivity index (χ0) is 23.1. The number of anilines is 1. The summed E-state index contributed by atoms with van der Waals surface area (Å²) < 4.78 is 29.5. The van der Waals surface area contributed by atoms with Crippen LogP contribution < -0.4 is 9.64 Å². The molecule has 1 aromatic carbocycles. The Morgan fingerprint density at radius 1 is 1.31 bits per heavy atom. The molecule has 0 saturated heterocycles. The summed E-state index contributed by atoms with van der Waals surface area (Å²) in [4.78, 5) is 32.6. The van der Waals surface area contributed by atoms with E-state index in [1.54, 1.807) is 26.0 Å². The zero-order valence-corrected chi connectivity index (χ0v) is 17.5. The molecule has 0 spiro atoms. The molecule has 0 amide bonds. The van der Waals surface area contributed by atoms with Crippen molar-refractivity contribution in [2.75, 3.05) is 18.1 Å². The van der Waals surface area contributed by atoms with Gasteiger partial charge >= 0.3 is 17.5 Å².